The summed E-state index contributed by atoms with van der Waals surface area (Å²) in [5, 5.41) is 11.5. The molecule has 0 N–H and O–H groups in total. The van der Waals surface area contributed by atoms with Gasteiger partial charge >= 0.3 is 0 Å². The van der Waals surface area contributed by atoms with E-state index in [0.29, 0.717) is 31.3 Å². The zero-order chi connectivity index (χ0) is 21.4. The molecule has 1 aliphatic heterocycles. The highest BCUT2D eigenvalue weighted by molar-refractivity contribution is 8.27. The van der Waals surface area contributed by atoms with Gasteiger partial charge in [-0.25, -0.2) is 0 Å². The van der Waals surface area contributed by atoms with Crippen LogP contribution in [-0.4, -0.2) is 16.2 Å². The van der Waals surface area contributed by atoms with E-state index in [2.05, 4.69) is 0 Å². The predicted octanol–water partition coefficient (Wildman–Crippen LogP) is 4.68. The molecule has 3 aromatic rings. The molecule has 0 aliphatic carbocycles. The van der Waals surface area contributed by atoms with Crippen LogP contribution >= 0.6 is 35.6 Å². The topological polar surface area (TPSA) is 73.6 Å². The highest BCUT2D eigenvalue weighted by Gasteiger charge is 2.34. The van der Waals surface area contributed by atoms with Gasteiger partial charge in [0.15, 0.2) is 4.32 Å². The van der Waals surface area contributed by atoms with Crippen molar-refractivity contribution in [2.45, 2.75) is 6.92 Å². The maximum Gasteiger partial charge on any atom is 0.270 e. The normalized spacial score (nSPS) is 15.3. The molecule has 1 saturated heterocycles. The number of aryl methyl sites for hydroxylation is 1. The van der Waals surface area contributed by atoms with Crippen molar-refractivity contribution in [1.82, 2.24) is 0 Å². The summed E-state index contributed by atoms with van der Waals surface area (Å²) in [6.45, 7) is 1.92. The van der Waals surface area contributed by atoms with Crippen LogP contribution in [0.2, 0.25) is 5.02 Å². The number of amides is 1. The van der Waals surface area contributed by atoms with Crippen LogP contribution in [0, 0.1) is 6.92 Å². The number of para-hydroxylation sites is 1. The number of carboxylic acid groups (broad SMARTS) is 1. The van der Waals surface area contributed by atoms with Gasteiger partial charge in [-0.2, -0.15) is 0 Å². The molecule has 0 radical (unpaired) electrons. The fourth-order valence-electron chi connectivity index (χ4n) is 3.04. The van der Waals surface area contributed by atoms with E-state index in [9.17, 15) is 14.7 Å². The molecule has 1 amide bonds. The van der Waals surface area contributed by atoms with E-state index in [-0.39, 0.29) is 11.5 Å². The number of thiocarbonyl (C=S) groups is 1. The monoisotopic (exact) mass is 454 g/mol. The molecule has 150 valence electrons. The molecule has 0 atom stereocenters. The Balaban J connectivity index is 1.65. The third kappa shape index (κ3) is 3.79. The molecule has 5 nitrogen and oxygen atoms in total. The molecule has 0 unspecified atom stereocenters. The van der Waals surface area contributed by atoms with Crippen LogP contribution in [0.15, 0.2) is 63.9 Å². The van der Waals surface area contributed by atoms with Crippen LogP contribution in [0.25, 0.3) is 17.4 Å². The van der Waals surface area contributed by atoms with Crippen molar-refractivity contribution in [3.8, 4) is 11.3 Å². The fourth-order valence-corrected chi connectivity index (χ4v) is 4.51. The number of carbonyl (C=O) groups is 2. The highest BCUT2D eigenvalue weighted by Crippen LogP contribution is 2.38. The van der Waals surface area contributed by atoms with Gasteiger partial charge in [0.25, 0.3) is 5.91 Å². The van der Waals surface area contributed by atoms with E-state index in [1.807, 2.05) is 31.2 Å². The van der Waals surface area contributed by atoms with Crippen molar-refractivity contribution in [3.05, 3.63) is 81.4 Å². The average molecular weight is 455 g/mol. The van der Waals surface area contributed by atoms with Gasteiger partial charge in [-0.05, 0) is 48.4 Å². The minimum atomic E-state index is -1.31. The number of benzene rings is 2. The zero-order valence-electron chi connectivity index (χ0n) is 15.5. The molecule has 8 heteroatoms. The molecule has 1 aromatic heterocycles. The SMILES string of the molecule is Cc1ccccc1N1C(=O)/C(=C\c2ccc(-c3cc(C(=O)[O-])ccc3Cl)o2)SC1=S. The van der Waals surface area contributed by atoms with E-state index in [0.717, 1.165) is 11.3 Å². The summed E-state index contributed by atoms with van der Waals surface area (Å²) in [7, 11) is 0. The molecule has 1 aliphatic rings. The molecule has 2 heterocycles. The van der Waals surface area contributed by atoms with Crippen molar-refractivity contribution < 1.29 is 19.1 Å². The molecule has 0 spiro atoms. The van der Waals surface area contributed by atoms with Crippen molar-refractivity contribution in [3.63, 3.8) is 0 Å². The molecule has 0 bridgehead atoms. The summed E-state index contributed by atoms with van der Waals surface area (Å²) in [5.41, 5.74) is 2.10. The van der Waals surface area contributed by atoms with Crippen molar-refractivity contribution in [1.29, 1.82) is 0 Å². The van der Waals surface area contributed by atoms with Crippen molar-refractivity contribution in [2.24, 2.45) is 0 Å². The van der Waals surface area contributed by atoms with Gasteiger partial charge in [0.1, 0.15) is 11.5 Å². The quantitative estimate of drug-likeness (QED) is 0.421. The second-order valence-corrected chi connectivity index (χ2v) is 8.57. The van der Waals surface area contributed by atoms with Crippen LogP contribution < -0.4 is 10.0 Å². The van der Waals surface area contributed by atoms with Crippen LogP contribution in [0.1, 0.15) is 21.7 Å². The number of carboxylic acids is 1. The number of carbonyl (C=O) groups excluding carboxylic acids is 2. The summed E-state index contributed by atoms with van der Waals surface area (Å²) in [6.07, 6.45) is 1.61. The Hall–Kier alpha value is -2.87. The Bertz CT molecular complexity index is 1230. The van der Waals surface area contributed by atoms with E-state index < -0.39 is 5.97 Å². The number of rotatable bonds is 4. The number of aromatic carboxylic acids is 1. The maximum atomic E-state index is 12.9. The van der Waals surface area contributed by atoms with Crippen LogP contribution in [0.4, 0.5) is 5.69 Å². The number of anilines is 1. The summed E-state index contributed by atoms with van der Waals surface area (Å²) in [4.78, 5) is 26.0. The van der Waals surface area contributed by atoms with E-state index >= 15 is 0 Å². The third-order valence-electron chi connectivity index (χ3n) is 4.52. The zero-order valence-corrected chi connectivity index (χ0v) is 17.9. The second kappa shape index (κ2) is 8.10. The van der Waals surface area contributed by atoms with Gasteiger partial charge in [-0.15, -0.1) is 0 Å². The van der Waals surface area contributed by atoms with E-state index in [4.69, 9.17) is 28.2 Å². The molecular weight excluding hydrogens is 442 g/mol. The first-order valence-electron chi connectivity index (χ1n) is 8.80. The average Bonchev–Trinajstić information content (AvgIpc) is 3.27. The molecule has 30 heavy (non-hydrogen) atoms. The smallest absolute Gasteiger partial charge is 0.270 e. The van der Waals surface area contributed by atoms with Gasteiger partial charge in [0.05, 0.1) is 21.6 Å². The maximum absolute atomic E-state index is 12.9. The lowest BCUT2D eigenvalue weighted by molar-refractivity contribution is -0.255. The van der Waals surface area contributed by atoms with Gasteiger partial charge in [-0.3, -0.25) is 9.69 Å². The Morgan fingerprint density at radius 2 is 1.97 bits per heavy atom. The first kappa shape index (κ1) is 20.4. The molecule has 0 saturated carbocycles. The van der Waals surface area contributed by atoms with Gasteiger partial charge < -0.3 is 14.3 Å². The van der Waals surface area contributed by atoms with Crippen molar-refractivity contribution in [2.75, 3.05) is 4.90 Å². The van der Waals surface area contributed by atoms with Crippen LogP contribution in [-0.2, 0) is 4.79 Å². The number of furan rings is 1. The lowest BCUT2D eigenvalue weighted by atomic mass is 10.1. The summed E-state index contributed by atoms with van der Waals surface area (Å²) in [6, 6.07) is 15.1. The molecule has 2 aromatic carbocycles. The summed E-state index contributed by atoms with van der Waals surface area (Å²) in [5.74, 6) is -0.734. The molecule has 1 fully saturated rings. The van der Waals surface area contributed by atoms with Gasteiger partial charge in [0.2, 0.25) is 0 Å². The number of hydrogen-bond donors (Lipinski definition) is 0. The minimum absolute atomic E-state index is 0.00791. The van der Waals surface area contributed by atoms with Crippen LogP contribution in [0.3, 0.4) is 0 Å². The Morgan fingerprint density at radius 3 is 2.70 bits per heavy atom. The number of thioether (sulfide) groups is 1. The third-order valence-corrected chi connectivity index (χ3v) is 6.15. The summed E-state index contributed by atoms with van der Waals surface area (Å²) < 4.78 is 6.24. The lowest BCUT2D eigenvalue weighted by Gasteiger charge is -2.16. The van der Waals surface area contributed by atoms with E-state index in [1.165, 1.54) is 34.9 Å². The highest BCUT2D eigenvalue weighted by atomic mass is 35.5. The largest absolute Gasteiger partial charge is 0.545 e. The molecule has 4 rings (SSSR count). The Morgan fingerprint density at radius 1 is 1.20 bits per heavy atom. The lowest BCUT2D eigenvalue weighted by Crippen LogP contribution is -2.28. The fraction of sp³-hybridized carbons (Fsp3) is 0.0455. The summed E-state index contributed by atoms with van der Waals surface area (Å²) >= 11 is 12.8. The number of hydrogen-bond acceptors (Lipinski definition) is 6. The van der Waals surface area contributed by atoms with Gasteiger partial charge in [-0.1, -0.05) is 59.8 Å². The molecular formula is C22H13ClNO4S2-. The van der Waals surface area contributed by atoms with Crippen LogP contribution in [0.5, 0.6) is 0 Å². The van der Waals surface area contributed by atoms with Crippen molar-refractivity contribution >= 4 is 63.5 Å². The number of halogens is 1. The first-order valence-corrected chi connectivity index (χ1v) is 10.4. The second-order valence-electron chi connectivity index (χ2n) is 6.49. The number of nitrogens with zero attached hydrogens (tertiary/aromatic N) is 1. The Kier molecular flexibility index (Phi) is 5.51. The Labute approximate surface area is 186 Å². The predicted molar refractivity (Wildman–Crippen MR) is 120 cm³/mol. The standard InChI is InChI=1S/C22H14ClNO4S2/c1-12-4-2-3-5-17(12)24-20(25)19(30-22(24)29)11-14-7-9-18(28-14)15-10-13(21(26)27)6-8-16(15)23/h2-11H,1H3,(H,26,27)/p-1/b19-11+. The van der Waals surface area contributed by atoms with E-state index in [1.54, 1.807) is 18.2 Å². The first-order chi connectivity index (χ1) is 14.3. The van der Waals surface area contributed by atoms with Gasteiger partial charge in [0, 0.05) is 11.6 Å². The minimum Gasteiger partial charge on any atom is -0.545 e.